The number of halogens is 2. The van der Waals surface area contributed by atoms with Crippen LogP contribution < -0.4 is 10.1 Å². The van der Waals surface area contributed by atoms with E-state index in [1.165, 1.54) is 0 Å². The highest BCUT2D eigenvalue weighted by atomic mass is 35.5. The second-order valence-corrected chi connectivity index (χ2v) is 9.26. The number of carbonyl (C=O) groups is 3. The minimum atomic E-state index is -0.778. The lowest BCUT2D eigenvalue weighted by Crippen LogP contribution is -2.32. The number of aliphatic hydroxyl groups excluding tert-OH is 1. The van der Waals surface area contributed by atoms with Gasteiger partial charge in [-0.2, -0.15) is 0 Å². The van der Waals surface area contributed by atoms with Crippen LogP contribution in [0.4, 0.5) is 0 Å². The zero-order valence-electron chi connectivity index (χ0n) is 16.6. The van der Waals surface area contributed by atoms with E-state index < -0.39 is 23.0 Å². The minimum absolute atomic E-state index is 0.0552. The summed E-state index contributed by atoms with van der Waals surface area (Å²) in [5, 5.41) is 12.1. The van der Waals surface area contributed by atoms with Crippen LogP contribution >= 0.6 is 23.2 Å². The fourth-order valence-corrected chi connectivity index (χ4v) is 5.45. The summed E-state index contributed by atoms with van der Waals surface area (Å²) in [7, 11) is 0. The predicted molar refractivity (Wildman–Crippen MR) is 112 cm³/mol. The van der Waals surface area contributed by atoms with Crippen molar-refractivity contribution in [1.82, 2.24) is 5.32 Å². The van der Waals surface area contributed by atoms with Gasteiger partial charge in [-0.25, -0.2) is 0 Å². The topological polar surface area (TPSA) is 92.7 Å². The van der Waals surface area contributed by atoms with Gasteiger partial charge < -0.3 is 9.84 Å². The Morgan fingerprint density at radius 1 is 1.17 bits per heavy atom. The zero-order valence-corrected chi connectivity index (χ0v) is 18.2. The number of ether oxygens (including phenoxy) is 1. The number of hydrogen-bond donors (Lipinski definition) is 2. The van der Waals surface area contributed by atoms with Crippen molar-refractivity contribution < 1.29 is 24.2 Å². The molecule has 1 fully saturated rings. The lowest BCUT2D eigenvalue weighted by atomic mass is 9.73. The van der Waals surface area contributed by atoms with Crippen LogP contribution in [0.3, 0.4) is 0 Å². The third-order valence-electron chi connectivity index (χ3n) is 6.65. The van der Waals surface area contributed by atoms with Crippen molar-refractivity contribution in [3.63, 3.8) is 0 Å². The molecule has 2 N–H and O–H groups in total. The van der Waals surface area contributed by atoms with E-state index in [4.69, 9.17) is 27.9 Å². The Morgan fingerprint density at radius 3 is 2.50 bits per heavy atom. The van der Waals surface area contributed by atoms with E-state index in [1.807, 2.05) is 12.2 Å². The fraction of sp³-hybridized carbons (Fsp3) is 0.500. The molecule has 6 nitrogen and oxygen atoms in total. The van der Waals surface area contributed by atoms with Crippen LogP contribution in [0.1, 0.15) is 61.4 Å². The molecule has 1 aromatic carbocycles. The number of fused-ring (bicyclic) bond motifs is 1. The van der Waals surface area contributed by atoms with E-state index in [-0.39, 0.29) is 34.4 Å². The highest BCUT2D eigenvalue weighted by molar-refractivity contribution is 6.45. The van der Waals surface area contributed by atoms with Gasteiger partial charge >= 0.3 is 0 Å². The van der Waals surface area contributed by atoms with Crippen molar-refractivity contribution >= 4 is 40.8 Å². The Morgan fingerprint density at radius 2 is 1.87 bits per heavy atom. The number of rotatable bonds is 6. The molecule has 30 heavy (non-hydrogen) atoms. The first-order valence-electron chi connectivity index (χ1n) is 10.2. The average molecular weight is 452 g/mol. The Bertz CT molecular complexity index is 980. The van der Waals surface area contributed by atoms with Gasteiger partial charge in [-0.3, -0.25) is 19.7 Å². The van der Waals surface area contributed by atoms with Crippen LogP contribution in [0.2, 0.25) is 10.0 Å². The molecule has 1 aromatic rings. The lowest BCUT2D eigenvalue weighted by molar-refractivity contribution is -0.125. The average Bonchev–Trinajstić information content (AvgIpc) is 3.38. The first-order valence-corrected chi connectivity index (χ1v) is 11.0. The number of aliphatic hydroxyl groups is 1. The van der Waals surface area contributed by atoms with E-state index in [2.05, 4.69) is 0 Å². The minimum Gasteiger partial charge on any atom is -0.503 e. The van der Waals surface area contributed by atoms with Crippen molar-refractivity contribution in [3.8, 4) is 5.75 Å². The maximum absolute atomic E-state index is 13.2. The van der Waals surface area contributed by atoms with Crippen LogP contribution in [-0.4, -0.2) is 29.3 Å². The fourth-order valence-electron chi connectivity index (χ4n) is 4.94. The summed E-state index contributed by atoms with van der Waals surface area (Å²) in [5.74, 6) is -1.07. The summed E-state index contributed by atoms with van der Waals surface area (Å²) in [5.41, 5.74) is 0.982. The smallest absolute Gasteiger partial charge is 0.293 e. The number of Topliss-reactive ketones (excluding diaryl/α,β-unsaturated/α-hetero) is 1. The molecule has 1 unspecified atom stereocenters. The molecule has 1 saturated carbocycles. The highest BCUT2D eigenvalue weighted by Crippen LogP contribution is 2.52. The molecule has 0 aromatic heterocycles. The summed E-state index contributed by atoms with van der Waals surface area (Å²) in [4.78, 5) is 36.1. The normalized spacial score (nSPS) is 24.0. The molecule has 0 spiro atoms. The van der Waals surface area contributed by atoms with Crippen LogP contribution in [0.15, 0.2) is 17.4 Å². The van der Waals surface area contributed by atoms with Crippen LogP contribution in [0.25, 0.3) is 0 Å². The molecular formula is C22H23Cl2NO5. The molecule has 8 heteroatoms. The maximum Gasteiger partial charge on any atom is 0.293 e. The molecule has 2 aliphatic carbocycles. The number of nitrogens with one attached hydrogen (secondary N) is 1. The third kappa shape index (κ3) is 3.40. The molecule has 0 radical (unpaired) electrons. The Kier molecular flexibility index (Phi) is 5.58. The van der Waals surface area contributed by atoms with E-state index >= 15 is 0 Å². The van der Waals surface area contributed by atoms with Gasteiger partial charge in [0.15, 0.2) is 11.5 Å². The quantitative estimate of drug-likeness (QED) is 0.488. The van der Waals surface area contributed by atoms with E-state index in [9.17, 15) is 19.5 Å². The second-order valence-electron chi connectivity index (χ2n) is 8.50. The zero-order chi connectivity index (χ0) is 21.6. The lowest BCUT2D eigenvalue weighted by Gasteiger charge is -2.29. The van der Waals surface area contributed by atoms with Gasteiger partial charge in [-0.1, -0.05) is 43.0 Å². The highest BCUT2D eigenvalue weighted by Gasteiger charge is 2.49. The maximum atomic E-state index is 13.2. The first-order chi connectivity index (χ1) is 14.2. The molecule has 1 aliphatic heterocycles. The van der Waals surface area contributed by atoms with Crippen molar-refractivity contribution in [3.05, 3.63) is 38.6 Å². The summed E-state index contributed by atoms with van der Waals surface area (Å²) < 4.78 is 5.78. The van der Waals surface area contributed by atoms with Crippen molar-refractivity contribution in [2.24, 2.45) is 11.3 Å². The van der Waals surface area contributed by atoms with Crippen LogP contribution in [-0.2, 0) is 16.0 Å². The molecule has 1 heterocycles. The van der Waals surface area contributed by atoms with Gasteiger partial charge in [0.2, 0.25) is 0 Å². The van der Waals surface area contributed by atoms with Gasteiger partial charge in [-0.05, 0) is 49.7 Å². The van der Waals surface area contributed by atoms with Gasteiger partial charge in [0.25, 0.3) is 11.8 Å². The third-order valence-corrected chi connectivity index (χ3v) is 7.50. The molecule has 160 valence electrons. The number of imide groups is 1. The second kappa shape index (κ2) is 7.89. The monoisotopic (exact) mass is 451 g/mol. The van der Waals surface area contributed by atoms with Crippen molar-refractivity contribution in [2.45, 2.75) is 51.9 Å². The standard InChI is InChI=1S/C22H23Cl2NO5/c1-22(12-5-2-3-6-12)10-11-9-14(16(23)17(24)15(11)19(22)27)30-8-4-7-13-18(26)21(29)25-20(13)28/h9,12H,2-8,10H2,1H3,(H2,25,26,28,29). The summed E-state index contributed by atoms with van der Waals surface area (Å²) >= 11 is 12.9. The number of ketones is 1. The van der Waals surface area contributed by atoms with E-state index in [1.54, 1.807) is 6.07 Å². The predicted octanol–water partition coefficient (Wildman–Crippen LogP) is 4.56. The van der Waals surface area contributed by atoms with Crippen molar-refractivity contribution in [2.75, 3.05) is 6.61 Å². The molecular weight excluding hydrogens is 429 g/mol. The van der Waals surface area contributed by atoms with Gasteiger partial charge in [-0.15, -0.1) is 0 Å². The summed E-state index contributed by atoms with van der Waals surface area (Å²) in [6.07, 6.45) is 5.64. The Labute approximate surface area is 184 Å². The number of hydrogen-bond acceptors (Lipinski definition) is 5. The molecule has 4 rings (SSSR count). The largest absolute Gasteiger partial charge is 0.503 e. The SMILES string of the molecule is CC1(C2CCCC2)Cc2cc(OCCCC3=C(O)C(=O)NC3=O)c(Cl)c(Cl)c2C1=O. The number of carbonyl (C=O) groups excluding carboxylic acids is 3. The van der Waals surface area contributed by atoms with Gasteiger partial charge in [0.1, 0.15) is 10.8 Å². The Balaban J connectivity index is 1.47. The molecule has 2 amide bonds. The summed E-state index contributed by atoms with van der Waals surface area (Å²) in [6.45, 7) is 2.24. The van der Waals surface area contributed by atoms with E-state index in [0.29, 0.717) is 30.1 Å². The van der Waals surface area contributed by atoms with Gasteiger partial charge in [0, 0.05) is 11.0 Å². The Hall–Kier alpha value is -2.05. The molecule has 3 aliphatic rings. The molecule has 0 bridgehead atoms. The molecule has 0 saturated heterocycles. The van der Waals surface area contributed by atoms with Crippen LogP contribution in [0, 0.1) is 11.3 Å². The molecule has 1 atom stereocenters. The van der Waals surface area contributed by atoms with E-state index in [0.717, 1.165) is 31.2 Å². The number of benzene rings is 1. The number of amides is 2. The van der Waals surface area contributed by atoms with Crippen LogP contribution in [0.5, 0.6) is 5.75 Å². The first kappa shape index (κ1) is 21.2. The van der Waals surface area contributed by atoms with Gasteiger partial charge in [0.05, 0.1) is 17.2 Å². The summed E-state index contributed by atoms with van der Waals surface area (Å²) in [6, 6.07) is 1.80. The van der Waals surface area contributed by atoms with Crippen molar-refractivity contribution in [1.29, 1.82) is 0 Å².